The molecule has 0 saturated heterocycles. The Bertz CT molecular complexity index is 476. The van der Waals surface area contributed by atoms with Crippen molar-refractivity contribution in [3.8, 4) is 0 Å². The molecule has 0 aromatic carbocycles. The lowest BCUT2D eigenvalue weighted by atomic mass is 9.87. The highest BCUT2D eigenvalue weighted by Gasteiger charge is 2.35. The van der Waals surface area contributed by atoms with E-state index in [1.165, 1.54) is 13.8 Å². The minimum absolute atomic E-state index is 0.0393. The zero-order valence-corrected chi connectivity index (χ0v) is 13.2. The standard InChI is InChI=1S/C11H22N2O8S/c1-11(2,7-21-22(18,19)20)9(16)10(17)13-4-3-8(15)12-5-6-14/h9,14,16H,3-7H2,1-2H3,(H,12,15)(H,13,17)(H,18,19,20). The molecule has 1 atom stereocenters. The molecule has 130 valence electrons. The number of carbonyl (C=O) groups excluding carboxylic acids is 2. The first-order valence-corrected chi connectivity index (χ1v) is 7.81. The molecule has 22 heavy (non-hydrogen) atoms. The molecule has 0 aliphatic carbocycles. The Labute approximate surface area is 128 Å². The van der Waals surface area contributed by atoms with Gasteiger partial charge in [-0.2, -0.15) is 8.42 Å². The van der Waals surface area contributed by atoms with E-state index in [1.54, 1.807) is 0 Å². The minimum atomic E-state index is -4.67. The van der Waals surface area contributed by atoms with Gasteiger partial charge >= 0.3 is 10.4 Å². The molecule has 0 spiro atoms. The van der Waals surface area contributed by atoms with Crippen LogP contribution in [-0.4, -0.2) is 67.4 Å². The summed E-state index contributed by atoms with van der Waals surface area (Å²) in [6.07, 6.45) is -1.64. The van der Waals surface area contributed by atoms with Gasteiger partial charge in [0.25, 0.3) is 0 Å². The van der Waals surface area contributed by atoms with Crippen LogP contribution in [0.5, 0.6) is 0 Å². The van der Waals surface area contributed by atoms with Crippen LogP contribution < -0.4 is 10.6 Å². The molecule has 11 heteroatoms. The predicted molar refractivity (Wildman–Crippen MR) is 75.0 cm³/mol. The van der Waals surface area contributed by atoms with Crippen LogP contribution in [0.1, 0.15) is 20.3 Å². The summed E-state index contributed by atoms with van der Waals surface area (Å²) in [5, 5.41) is 23.1. The lowest BCUT2D eigenvalue weighted by Crippen LogP contribution is -2.47. The maximum Gasteiger partial charge on any atom is 0.397 e. The van der Waals surface area contributed by atoms with Crippen molar-refractivity contribution in [1.29, 1.82) is 0 Å². The molecule has 2 amide bonds. The average molecular weight is 342 g/mol. The number of rotatable bonds is 10. The second kappa shape index (κ2) is 9.00. The molecule has 0 heterocycles. The molecule has 0 radical (unpaired) electrons. The van der Waals surface area contributed by atoms with Crippen LogP contribution in [0, 0.1) is 5.41 Å². The highest BCUT2D eigenvalue weighted by molar-refractivity contribution is 7.80. The fraction of sp³-hybridized carbons (Fsp3) is 0.818. The predicted octanol–water partition coefficient (Wildman–Crippen LogP) is -2.19. The third kappa shape index (κ3) is 8.89. The van der Waals surface area contributed by atoms with Crippen molar-refractivity contribution in [3.63, 3.8) is 0 Å². The van der Waals surface area contributed by atoms with Gasteiger partial charge in [-0.1, -0.05) is 13.8 Å². The largest absolute Gasteiger partial charge is 0.397 e. The first-order chi connectivity index (χ1) is 9.99. The van der Waals surface area contributed by atoms with Crippen molar-refractivity contribution in [2.45, 2.75) is 26.4 Å². The number of hydrogen-bond donors (Lipinski definition) is 5. The second-order valence-electron chi connectivity index (χ2n) is 5.20. The minimum Gasteiger partial charge on any atom is -0.395 e. The lowest BCUT2D eigenvalue weighted by molar-refractivity contribution is -0.136. The van der Waals surface area contributed by atoms with Gasteiger partial charge in [-0.25, -0.2) is 4.18 Å². The van der Waals surface area contributed by atoms with Gasteiger partial charge in [0.2, 0.25) is 11.8 Å². The maximum atomic E-state index is 11.7. The van der Waals surface area contributed by atoms with Gasteiger partial charge in [0.05, 0.1) is 13.2 Å². The fourth-order valence-corrected chi connectivity index (χ4v) is 1.79. The number of carbonyl (C=O) groups is 2. The topological polar surface area (TPSA) is 162 Å². The molecule has 1 unspecified atom stereocenters. The Hall–Kier alpha value is -1.27. The number of aliphatic hydroxyl groups is 2. The van der Waals surface area contributed by atoms with Gasteiger partial charge in [0.1, 0.15) is 6.10 Å². The zero-order chi connectivity index (χ0) is 17.4. The fourth-order valence-electron chi connectivity index (χ4n) is 1.34. The molecule has 10 nitrogen and oxygen atoms in total. The van der Waals surface area contributed by atoms with Crippen molar-refractivity contribution in [2.75, 3.05) is 26.3 Å². The summed E-state index contributed by atoms with van der Waals surface area (Å²) >= 11 is 0. The third-order valence-corrected chi connectivity index (χ3v) is 3.07. The Morgan fingerprint density at radius 2 is 1.82 bits per heavy atom. The number of aliphatic hydroxyl groups excluding tert-OH is 2. The SMILES string of the molecule is CC(C)(COS(=O)(=O)O)C(O)C(=O)NCCC(=O)NCCO. The summed E-state index contributed by atoms with van der Waals surface area (Å²) in [6, 6.07) is 0. The summed E-state index contributed by atoms with van der Waals surface area (Å²) in [7, 11) is -4.67. The maximum absolute atomic E-state index is 11.7. The summed E-state index contributed by atoms with van der Waals surface area (Å²) in [4.78, 5) is 22.9. The summed E-state index contributed by atoms with van der Waals surface area (Å²) in [6.45, 7) is 2.01. The van der Waals surface area contributed by atoms with Gasteiger partial charge < -0.3 is 20.8 Å². The summed E-state index contributed by atoms with van der Waals surface area (Å²) in [5.41, 5.74) is -1.28. The monoisotopic (exact) mass is 342 g/mol. The second-order valence-corrected chi connectivity index (χ2v) is 6.29. The molecule has 5 N–H and O–H groups in total. The Balaban J connectivity index is 4.26. The van der Waals surface area contributed by atoms with Crippen molar-refractivity contribution < 1.29 is 37.0 Å². The van der Waals surface area contributed by atoms with Crippen LogP contribution in [0.3, 0.4) is 0 Å². The smallest absolute Gasteiger partial charge is 0.395 e. The van der Waals surface area contributed by atoms with E-state index in [1.807, 2.05) is 0 Å². The first kappa shape index (κ1) is 20.7. The Morgan fingerprint density at radius 3 is 2.32 bits per heavy atom. The van der Waals surface area contributed by atoms with E-state index in [0.717, 1.165) is 0 Å². The molecule has 0 aliphatic heterocycles. The van der Waals surface area contributed by atoms with Crippen LogP contribution in [0.25, 0.3) is 0 Å². The Morgan fingerprint density at radius 1 is 1.23 bits per heavy atom. The van der Waals surface area contributed by atoms with Crippen LogP contribution in [-0.2, 0) is 24.2 Å². The molecule has 0 aromatic rings. The van der Waals surface area contributed by atoms with E-state index >= 15 is 0 Å². The number of nitrogens with one attached hydrogen (secondary N) is 2. The van der Waals surface area contributed by atoms with Crippen molar-refractivity contribution >= 4 is 22.2 Å². The van der Waals surface area contributed by atoms with Crippen LogP contribution in [0.15, 0.2) is 0 Å². The molecule has 0 aliphatic rings. The van der Waals surface area contributed by atoms with Gasteiger partial charge in [0.15, 0.2) is 0 Å². The Kier molecular flexibility index (Phi) is 8.48. The molecule has 0 aromatic heterocycles. The van der Waals surface area contributed by atoms with Crippen molar-refractivity contribution in [3.05, 3.63) is 0 Å². The van der Waals surface area contributed by atoms with Gasteiger partial charge in [0, 0.05) is 24.9 Å². The quantitative estimate of drug-likeness (QED) is 0.279. The highest BCUT2D eigenvalue weighted by atomic mass is 32.3. The molecular formula is C11H22N2O8S. The van der Waals surface area contributed by atoms with Gasteiger partial charge in [-0.05, 0) is 0 Å². The summed E-state index contributed by atoms with van der Waals surface area (Å²) < 4.78 is 33.6. The van der Waals surface area contributed by atoms with Crippen molar-refractivity contribution in [2.24, 2.45) is 5.41 Å². The van der Waals surface area contributed by atoms with E-state index in [4.69, 9.17) is 9.66 Å². The van der Waals surface area contributed by atoms with E-state index < -0.39 is 34.4 Å². The lowest BCUT2D eigenvalue weighted by Gasteiger charge is -2.28. The third-order valence-electron chi connectivity index (χ3n) is 2.65. The van der Waals surface area contributed by atoms with Crippen LogP contribution >= 0.6 is 0 Å². The average Bonchev–Trinajstić information content (AvgIpc) is 2.41. The number of hydrogen-bond acceptors (Lipinski definition) is 7. The zero-order valence-electron chi connectivity index (χ0n) is 12.4. The van der Waals surface area contributed by atoms with Crippen molar-refractivity contribution in [1.82, 2.24) is 10.6 Å². The van der Waals surface area contributed by atoms with E-state index in [9.17, 15) is 23.1 Å². The summed E-state index contributed by atoms with van der Waals surface area (Å²) in [5.74, 6) is -1.18. The van der Waals surface area contributed by atoms with Gasteiger partial charge in [-0.15, -0.1) is 0 Å². The van der Waals surface area contributed by atoms with E-state index in [2.05, 4.69) is 14.8 Å². The highest BCUT2D eigenvalue weighted by Crippen LogP contribution is 2.22. The number of amides is 2. The van der Waals surface area contributed by atoms with Crippen LogP contribution in [0.2, 0.25) is 0 Å². The van der Waals surface area contributed by atoms with E-state index in [-0.39, 0.29) is 32.0 Å². The molecule has 0 saturated carbocycles. The normalized spacial score (nSPS) is 13.5. The van der Waals surface area contributed by atoms with Gasteiger partial charge in [-0.3, -0.25) is 14.1 Å². The first-order valence-electron chi connectivity index (χ1n) is 6.45. The molecular weight excluding hydrogens is 320 g/mol. The van der Waals surface area contributed by atoms with E-state index in [0.29, 0.717) is 0 Å². The molecule has 0 rings (SSSR count). The molecule has 0 bridgehead atoms. The van der Waals surface area contributed by atoms with Crippen LogP contribution in [0.4, 0.5) is 0 Å². The molecule has 0 fully saturated rings.